The van der Waals surface area contributed by atoms with Crippen molar-refractivity contribution in [1.29, 1.82) is 0 Å². The molecule has 0 aliphatic rings. The molecular formula is C13H16N2O3S2. The normalized spacial score (nSPS) is 11.3. The first-order valence-electron chi connectivity index (χ1n) is 6.01. The number of nitrogens with two attached hydrogens (primary N) is 1. The lowest BCUT2D eigenvalue weighted by Crippen LogP contribution is -2.11. The quantitative estimate of drug-likeness (QED) is 0.832. The third-order valence-electron chi connectivity index (χ3n) is 2.73. The summed E-state index contributed by atoms with van der Waals surface area (Å²) in [6.07, 6.45) is 0.815. The minimum absolute atomic E-state index is 0.295. The van der Waals surface area contributed by atoms with Crippen LogP contribution in [0.4, 0.5) is 11.4 Å². The topological polar surface area (TPSA) is 81.4 Å². The van der Waals surface area contributed by atoms with Gasteiger partial charge >= 0.3 is 0 Å². The minimum atomic E-state index is -3.57. The van der Waals surface area contributed by atoms with Crippen LogP contribution in [0.1, 0.15) is 11.8 Å². The molecule has 0 saturated heterocycles. The van der Waals surface area contributed by atoms with Gasteiger partial charge in [0, 0.05) is 4.88 Å². The summed E-state index contributed by atoms with van der Waals surface area (Å²) in [5.41, 5.74) is 6.55. The molecular weight excluding hydrogens is 296 g/mol. The van der Waals surface area contributed by atoms with Crippen LogP contribution in [-0.4, -0.2) is 15.5 Å². The summed E-state index contributed by atoms with van der Waals surface area (Å²) in [5.74, 6) is 0.511. The summed E-state index contributed by atoms with van der Waals surface area (Å²) in [6.45, 7) is 1.99. The summed E-state index contributed by atoms with van der Waals surface area (Å²) < 4.78 is 32.3. The van der Waals surface area contributed by atoms with Gasteiger partial charge in [-0.15, -0.1) is 11.3 Å². The molecule has 0 spiro atoms. The zero-order valence-corrected chi connectivity index (χ0v) is 12.8. The molecule has 0 radical (unpaired) electrons. The highest BCUT2D eigenvalue weighted by Gasteiger charge is 2.17. The van der Waals surface area contributed by atoms with Gasteiger partial charge in [0.15, 0.2) is 0 Å². The number of rotatable bonds is 5. The molecule has 0 amide bonds. The number of anilines is 2. The van der Waals surface area contributed by atoms with Crippen molar-refractivity contribution < 1.29 is 13.2 Å². The summed E-state index contributed by atoms with van der Waals surface area (Å²) in [5, 5.41) is 0. The van der Waals surface area contributed by atoms with Gasteiger partial charge in [-0.2, -0.15) is 0 Å². The molecule has 2 aromatic rings. The fourth-order valence-corrected chi connectivity index (χ4v) is 4.04. The van der Waals surface area contributed by atoms with Crippen LogP contribution in [0.5, 0.6) is 5.75 Å². The van der Waals surface area contributed by atoms with Crippen molar-refractivity contribution in [2.45, 2.75) is 17.6 Å². The van der Waals surface area contributed by atoms with Crippen molar-refractivity contribution in [3.63, 3.8) is 0 Å². The number of hydrogen-bond donors (Lipinski definition) is 2. The van der Waals surface area contributed by atoms with E-state index in [1.54, 1.807) is 18.2 Å². The van der Waals surface area contributed by atoms with E-state index < -0.39 is 10.0 Å². The van der Waals surface area contributed by atoms with Crippen LogP contribution in [0.15, 0.2) is 34.5 Å². The number of nitrogens with one attached hydrogen (secondary N) is 1. The Bertz CT molecular complexity index is 708. The Morgan fingerprint density at radius 1 is 1.30 bits per heavy atom. The molecule has 1 aromatic heterocycles. The lowest BCUT2D eigenvalue weighted by molar-refractivity contribution is 0.417. The fraction of sp³-hybridized carbons (Fsp3) is 0.231. The maximum Gasteiger partial charge on any atom is 0.271 e. The van der Waals surface area contributed by atoms with Gasteiger partial charge in [-0.1, -0.05) is 6.92 Å². The molecule has 0 saturated carbocycles. The molecule has 20 heavy (non-hydrogen) atoms. The lowest BCUT2D eigenvalue weighted by atomic mass is 10.2. The molecule has 0 bridgehead atoms. The van der Waals surface area contributed by atoms with Gasteiger partial charge < -0.3 is 10.5 Å². The third-order valence-corrected chi connectivity index (χ3v) is 5.83. The smallest absolute Gasteiger partial charge is 0.271 e. The summed E-state index contributed by atoms with van der Waals surface area (Å²) >= 11 is 1.26. The number of hydrogen-bond acceptors (Lipinski definition) is 5. The Kier molecular flexibility index (Phi) is 4.20. The van der Waals surface area contributed by atoms with Crippen LogP contribution in [0.2, 0.25) is 0 Å². The second kappa shape index (κ2) is 5.72. The Hall–Kier alpha value is -1.73. The molecule has 1 heterocycles. The van der Waals surface area contributed by atoms with Crippen LogP contribution in [-0.2, 0) is 16.4 Å². The van der Waals surface area contributed by atoms with Crippen LogP contribution < -0.4 is 15.2 Å². The minimum Gasteiger partial charge on any atom is -0.495 e. The molecule has 3 N–H and O–H groups in total. The maximum absolute atomic E-state index is 12.2. The van der Waals surface area contributed by atoms with E-state index in [2.05, 4.69) is 4.72 Å². The van der Waals surface area contributed by atoms with E-state index in [-0.39, 0.29) is 0 Å². The van der Waals surface area contributed by atoms with Crippen molar-refractivity contribution in [2.24, 2.45) is 0 Å². The second-order valence-corrected chi connectivity index (χ2v) is 7.21. The molecule has 5 nitrogen and oxygen atoms in total. The average molecular weight is 312 g/mol. The zero-order valence-electron chi connectivity index (χ0n) is 11.2. The lowest BCUT2D eigenvalue weighted by Gasteiger charge is -2.09. The Labute approximate surface area is 122 Å². The summed E-state index contributed by atoms with van der Waals surface area (Å²) in [6, 6.07) is 8.20. The van der Waals surface area contributed by atoms with Crippen molar-refractivity contribution >= 4 is 32.7 Å². The van der Waals surface area contributed by atoms with Crippen LogP contribution in [0.3, 0.4) is 0 Å². The second-order valence-electron chi connectivity index (χ2n) is 4.14. The summed E-state index contributed by atoms with van der Waals surface area (Å²) in [4.78, 5) is 1.03. The molecule has 0 atom stereocenters. The fourth-order valence-electron chi connectivity index (χ4n) is 1.70. The SMILES string of the molecule is CCc1ccc(S(=O)(=O)Nc2ccc(OC)c(N)c2)s1. The maximum atomic E-state index is 12.2. The molecule has 108 valence electrons. The van der Waals surface area contributed by atoms with Crippen molar-refractivity contribution in [2.75, 3.05) is 17.6 Å². The number of methoxy groups -OCH3 is 1. The van der Waals surface area contributed by atoms with E-state index in [4.69, 9.17) is 10.5 Å². The average Bonchev–Trinajstić information content (AvgIpc) is 2.88. The number of nitrogen functional groups attached to an aromatic ring is 1. The predicted molar refractivity (Wildman–Crippen MR) is 81.9 cm³/mol. The number of thiophene rings is 1. The van der Waals surface area contributed by atoms with Gasteiger partial charge in [-0.05, 0) is 36.8 Å². The number of sulfonamides is 1. The van der Waals surface area contributed by atoms with Gasteiger partial charge in [0.1, 0.15) is 9.96 Å². The summed E-state index contributed by atoms with van der Waals surface area (Å²) in [7, 11) is -2.06. The first-order valence-corrected chi connectivity index (χ1v) is 8.31. The van der Waals surface area contributed by atoms with Crippen molar-refractivity contribution in [1.82, 2.24) is 0 Å². The highest BCUT2D eigenvalue weighted by atomic mass is 32.2. The highest BCUT2D eigenvalue weighted by molar-refractivity contribution is 7.94. The molecule has 0 unspecified atom stereocenters. The van der Waals surface area contributed by atoms with E-state index in [0.717, 1.165) is 11.3 Å². The molecule has 7 heteroatoms. The molecule has 2 rings (SSSR count). The largest absolute Gasteiger partial charge is 0.495 e. The Balaban J connectivity index is 2.26. The van der Waals surface area contributed by atoms with Gasteiger partial charge in [0.05, 0.1) is 18.5 Å². The van der Waals surface area contributed by atoms with Crippen molar-refractivity contribution in [3.05, 3.63) is 35.2 Å². The van der Waals surface area contributed by atoms with Gasteiger partial charge in [0.2, 0.25) is 0 Å². The van der Waals surface area contributed by atoms with Crippen LogP contribution in [0.25, 0.3) is 0 Å². The first-order chi connectivity index (χ1) is 9.46. The number of ether oxygens (including phenoxy) is 1. The molecule has 0 aliphatic carbocycles. The van der Waals surface area contributed by atoms with E-state index in [9.17, 15) is 8.42 Å². The standard InChI is InChI=1S/C13H16N2O3S2/c1-3-10-5-7-13(19-10)20(16,17)15-9-4-6-12(18-2)11(14)8-9/h4-8,15H,3,14H2,1-2H3. The predicted octanol–water partition coefficient (Wildman–Crippen LogP) is 2.70. The van der Waals surface area contributed by atoms with Crippen molar-refractivity contribution in [3.8, 4) is 5.75 Å². The third kappa shape index (κ3) is 3.05. The monoisotopic (exact) mass is 312 g/mol. The van der Waals surface area contributed by atoms with Gasteiger partial charge in [0.25, 0.3) is 10.0 Å². The Morgan fingerprint density at radius 2 is 2.05 bits per heavy atom. The van der Waals surface area contributed by atoms with E-state index in [1.807, 2.05) is 13.0 Å². The molecule has 1 aromatic carbocycles. The van der Waals surface area contributed by atoms with Gasteiger partial charge in [-0.25, -0.2) is 8.42 Å². The number of benzene rings is 1. The van der Waals surface area contributed by atoms with E-state index in [1.165, 1.54) is 24.5 Å². The molecule has 0 aliphatic heterocycles. The molecule has 0 fully saturated rings. The van der Waals surface area contributed by atoms with Crippen LogP contribution in [0, 0.1) is 0 Å². The highest BCUT2D eigenvalue weighted by Crippen LogP contribution is 2.28. The van der Waals surface area contributed by atoms with Crippen LogP contribution >= 0.6 is 11.3 Å². The zero-order chi connectivity index (χ0) is 14.8. The Morgan fingerprint density at radius 3 is 2.60 bits per heavy atom. The van der Waals surface area contributed by atoms with E-state index >= 15 is 0 Å². The first kappa shape index (κ1) is 14.7. The van der Waals surface area contributed by atoms with E-state index in [0.29, 0.717) is 21.3 Å². The number of aryl methyl sites for hydroxylation is 1. The van der Waals surface area contributed by atoms with Gasteiger partial charge in [-0.3, -0.25) is 4.72 Å².